The van der Waals surface area contributed by atoms with Crippen LogP contribution in [0.1, 0.15) is 11.4 Å². The van der Waals surface area contributed by atoms with E-state index in [0.29, 0.717) is 18.2 Å². The third kappa shape index (κ3) is 2.60. The average molecular weight is 229 g/mol. The summed E-state index contributed by atoms with van der Waals surface area (Å²) in [6.45, 7) is 2.41. The van der Waals surface area contributed by atoms with Crippen LogP contribution in [0.3, 0.4) is 0 Å². The van der Waals surface area contributed by atoms with E-state index in [9.17, 15) is 0 Å². The van der Waals surface area contributed by atoms with Crippen molar-refractivity contribution < 1.29 is 4.74 Å². The third-order valence-corrected chi connectivity index (χ3v) is 2.49. The molecule has 88 valence electrons. The second-order valence-corrected chi connectivity index (χ2v) is 3.84. The van der Waals surface area contributed by atoms with Crippen LogP contribution in [-0.2, 0) is 11.3 Å². The van der Waals surface area contributed by atoms with Crippen molar-refractivity contribution in [2.45, 2.75) is 13.5 Å². The second-order valence-electron chi connectivity index (χ2n) is 3.84. The number of hydrogen-bond acceptors (Lipinski definition) is 4. The predicted octanol–water partition coefficient (Wildman–Crippen LogP) is 2.18. The molecule has 17 heavy (non-hydrogen) atoms. The Morgan fingerprint density at radius 1 is 1.24 bits per heavy atom. The average Bonchev–Trinajstić information content (AvgIpc) is 2.29. The fourth-order valence-electron chi connectivity index (χ4n) is 1.71. The van der Waals surface area contributed by atoms with E-state index in [1.807, 2.05) is 31.2 Å². The predicted molar refractivity (Wildman–Crippen MR) is 67.3 cm³/mol. The van der Waals surface area contributed by atoms with Gasteiger partial charge in [0.15, 0.2) is 5.82 Å². The number of aryl methyl sites for hydroxylation is 1. The highest BCUT2D eigenvalue weighted by atomic mass is 16.5. The summed E-state index contributed by atoms with van der Waals surface area (Å²) in [6, 6.07) is 9.83. The number of rotatable bonds is 3. The first-order valence-electron chi connectivity index (χ1n) is 5.39. The van der Waals surface area contributed by atoms with Crippen LogP contribution in [0.4, 0.5) is 5.82 Å². The molecule has 2 N–H and O–H groups in total. The summed E-state index contributed by atoms with van der Waals surface area (Å²) in [4.78, 5) is 8.56. The van der Waals surface area contributed by atoms with Crippen molar-refractivity contribution in [2.24, 2.45) is 0 Å². The smallest absolute Gasteiger partial charge is 0.157 e. The Hall–Kier alpha value is -1.94. The van der Waals surface area contributed by atoms with Crippen molar-refractivity contribution in [3.05, 3.63) is 41.7 Å². The van der Waals surface area contributed by atoms with Crippen LogP contribution in [0.2, 0.25) is 0 Å². The summed E-state index contributed by atoms with van der Waals surface area (Å²) < 4.78 is 5.02. The van der Waals surface area contributed by atoms with Gasteiger partial charge in [0, 0.05) is 18.7 Å². The Kier molecular flexibility index (Phi) is 3.35. The molecular formula is C13H15N3O. The number of nitrogens with two attached hydrogens (primary N) is 1. The van der Waals surface area contributed by atoms with Crippen molar-refractivity contribution in [3.63, 3.8) is 0 Å². The van der Waals surface area contributed by atoms with Gasteiger partial charge in [-0.1, -0.05) is 24.3 Å². The van der Waals surface area contributed by atoms with E-state index >= 15 is 0 Å². The molecule has 0 bridgehead atoms. The lowest BCUT2D eigenvalue weighted by atomic mass is 10.1. The molecule has 0 saturated heterocycles. The summed E-state index contributed by atoms with van der Waals surface area (Å²) in [5.74, 6) is 1.07. The zero-order valence-corrected chi connectivity index (χ0v) is 9.97. The summed E-state index contributed by atoms with van der Waals surface area (Å²) in [5, 5.41) is 0. The van der Waals surface area contributed by atoms with Gasteiger partial charge in [-0.05, 0) is 12.5 Å². The van der Waals surface area contributed by atoms with Gasteiger partial charge < -0.3 is 10.5 Å². The third-order valence-electron chi connectivity index (χ3n) is 2.49. The highest BCUT2D eigenvalue weighted by molar-refractivity contribution is 5.65. The molecule has 0 radical (unpaired) electrons. The zero-order chi connectivity index (χ0) is 12.3. The van der Waals surface area contributed by atoms with Gasteiger partial charge in [-0.2, -0.15) is 0 Å². The van der Waals surface area contributed by atoms with Gasteiger partial charge in [0.05, 0.1) is 5.69 Å². The van der Waals surface area contributed by atoms with Gasteiger partial charge in [-0.3, -0.25) is 0 Å². The molecule has 0 fully saturated rings. The number of ether oxygens (including phenoxy) is 1. The number of methoxy groups -OCH3 is 1. The van der Waals surface area contributed by atoms with Gasteiger partial charge in [-0.15, -0.1) is 0 Å². The Balaban J connectivity index is 2.48. The zero-order valence-electron chi connectivity index (χ0n) is 9.97. The molecule has 0 amide bonds. The standard InChI is InChI=1S/C13H15N3O/c1-9-5-3-4-6-10(9)11-7-12(14)16-13(15-11)8-17-2/h3-7H,8H2,1-2H3,(H2,14,15,16). The first-order chi connectivity index (χ1) is 8.20. The number of benzene rings is 1. The molecule has 0 aliphatic rings. The van der Waals surface area contributed by atoms with Crippen molar-refractivity contribution in [3.8, 4) is 11.3 Å². The highest BCUT2D eigenvalue weighted by Gasteiger charge is 2.06. The lowest BCUT2D eigenvalue weighted by Crippen LogP contribution is -2.02. The molecule has 2 rings (SSSR count). The minimum atomic E-state index is 0.365. The summed E-state index contributed by atoms with van der Waals surface area (Å²) in [6.07, 6.45) is 0. The van der Waals surface area contributed by atoms with E-state index < -0.39 is 0 Å². The highest BCUT2D eigenvalue weighted by Crippen LogP contribution is 2.22. The Bertz CT molecular complexity index is 526. The van der Waals surface area contributed by atoms with Gasteiger partial charge in [0.2, 0.25) is 0 Å². The summed E-state index contributed by atoms with van der Waals surface area (Å²) in [5.41, 5.74) is 8.84. The molecule has 0 spiro atoms. The number of nitrogens with zero attached hydrogens (tertiary/aromatic N) is 2. The maximum atomic E-state index is 5.77. The van der Waals surface area contributed by atoms with Crippen molar-refractivity contribution in [1.29, 1.82) is 0 Å². The Morgan fingerprint density at radius 3 is 2.71 bits per heavy atom. The largest absolute Gasteiger partial charge is 0.384 e. The normalized spacial score (nSPS) is 10.5. The molecule has 4 heteroatoms. The molecule has 1 aromatic carbocycles. The Morgan fingerprint density at radius 2 is 2.00 bits per heavy atom. The maximum absolute atomic E-state index is 5.77. The minimum Gasteiger partial charge on any atom is -0.384 e. The van der Waals surface area contributed by atoms with Crippen molar-refractivity contribution in [1.82, 2.24) is 9.97 Å². The summed E-state index contributed by atoms with van der Waals surface area (Å²) in [7, 11) is 1.61. The monoisotopic (exact) mass is 229 g/mol. The van der Waals surface area contributed by atoms with Crippen LogP contribution in [0.25, 0.3) is 11.3 Å². The van der Waals surface area contributed by atoms with E-state index in [4.69, 9.17) is 10.5 Å². The van der Waals surface area contributed by atoms with Crippen LogP contribution >= 0.6 is 0 Å². The lowest BCUT2D eigenvalue weighted by Gasteiger charge is -2.07. The number of aromatic nitrogens is 2. The topological polar surface area (TPSA) is 61.0 Å². The first kappa shape index (κ1) is 11.5. The van der Waals surface area contributed by atoms with Crippen LogP contribution in [-0.4, -0.2) is 17.1 Å². The van der Waals surface area contributed by atoms with Crippen molar-refractivity contribution >= 4 is 5.82 Å². The Labute approximate surface area is 100 Å². The first-order valence-corrected chi connectivity index (χ1v) is 5.39. The number of hydrogen-bond donors (Lipinski definition) is 1. The van der Waals surface area contributed by atoms with E-state index in [-0.39, 0.29) is 0 Å². The molecular weight excluding hydrogens is 214 g/mol. The molecule has 0 aliphatic heterocycles. The van der Waals surface area contributed by atoms with Crippen molar-refractivity contribution in [2.75, 3.05) is 12.8 Å². The van der Waals surface area contributed by atoms with E-state index in [2.05, 4.69) is 9.97 Å². The van der Waals surface area contributed by atoms with Crippen LogP contribution in [0.5, 0.6) is 0 Å². The van der Waals surface area contributed by atoms with Gasteiger partial charge in [0.25, 0.3) is 0 Å². The molecule has 0 aliphatic carbocycles. The van der Waals surface area contributed by atoms with Crippen LogP contribution in [0.15, 0.2) is 30.3 Å². The molecule has 0 atom stereocenters. The number of nitrogen functional groups attached to an aromatic ring is 1. The van der Waals surface area contributed by atoms with Crippen LogP contribution in [0, 0.1) is 6.92 Å². The molecule has 0 unspecified atom stereocenters. The van der Waals surface area contributed by atoms with E-state index in [1.54, 1.807) is 13.2 Å². The molecule has 4 nitrogen and oxygen atoms in total. The molecule has 1 aromatic heterocycles. The summed E-state index contributed by atoms with van der Waals surface area (Å²) >= 11 is 0. The number of anilines is 1. The van der Waals surface area contributed by atoms with Gasteiger partial charge >= 0.3 is 0 Å². The van der Waals surface area contributed by atoms with Gasteiger partial charge in [0.1, 0.15) is 12.4 Å². The maximum Gasteiger partial charge on any atom is 0.157 e. The fraction of sp³-hybridized carbons (Fsp3) is 0.231. The lowest BCUT2D eigenvalue weighted by molar-refractivity contribution is 0.178. The van der Waals surface area contributed by atoms with E-state index in [1.165, 1.54) is 0 Å². The SMILES string of the molecule is COCc1nc(N)cc(-c2ccccc2C)n1. The van der Waals surface area contributed by atoms with Crippen LogP contribution < -0.4 is 5.73 Å². The van der Waals surface area contributed by atoms with Gasteiger partial charge in [-0.25, -0.2) is 9.97 Å². The fourth-order valence-corrected chi connectivity index (χ4v) is 1.71. The molecule has 1 heterocycles. The second kappa shape index (κ2) is 4.93. The minimum absolute atomic E-state index is 0.365. The quantitative estimate of drug-likeness (QED) is 0.876. The van der Waals surface area contributed by atoms with E-state index in [0.717, 1.165) is 16.8 Å². The molecule has 2 aromatic rings. The molecule has 0 saturated carbocycles.